The number of carboxylic acids is 1. The van der Waals surface area contributed by atoms with Crippen LogP contribution in [-0.2, 0) is 23.9 Å². The van der Waals surface area contributed by atoms with E-state index in [1.807, 2.05) is 0 Å². The zero-order valence-corrected chi connectivity index (χ0v) is 18.4. The van der Waals surface area contributed by atoms with E-state index in [0.29, 0.717) is 21.2 Å². The quantitative estimate of drug-likeness (QED) is 0.441. The molecule has 10 nitrogen and oxygen atoms in total. The first-order chi connectivity index (χ1) is 15.3. The predicted octanol–water partition coefficient (Wildman–Crippen LogP) is 1.05. The molecule has 1 fully saturated rings. The van der Waals surface area contributed by atoms with Crippen molar-refractivity contribution in [2.75, 3.05) is 19.8 Å². The van der Waals surface area contributed by atoms with Gasteiger partial charge in [0.1, 0.15) is 17.5 Å². The Labute approximate surface area is 189 Å². The number of thioether (sulfide) groups is 1. The van der Waals surface area contributed by atoms with Gasteiger partial charge in [0, 0.05) is 10.8 Å². The van der Waals surface area contributed by atoms with Crippen LogP contribution in [0.25, 0.3) is 0 Å². The molecule has 0 saturated carbocycles. The number of likely N-dealkylation sites (tertiary alicyclic amines) is 1. The number of aromatic amines is 1. The summed E-state index contributed by atoms with van der Waals surface area (Å²) in [6.07, 6.45) is 0. The largest absolute Gasteiger partial charge is 0.482 e. The maximum atomic E-state index is 13.1. The number of nitrogens with zero attached hydrogens (tertiary/aromatic N) is 1. The highest BCUT2D eigenvalue weighted by molar-refractivity contribution is 8.00. The molecule has 32 heavy (non-hydrogen) atoms. The van der Waals surface area contributed by atoms with E-state index in [-0.39, 0.29) is 18.1 Å². The highest BCUT2D eigenvalue weighted by atomic mass is 32.2. The molecule has 2 N–H and O–H groups in total. The minimum Gasteiger partial charge on any atom is -0.482 e. The second-order valence-electron chi connectivity index (χ2n) is 7.07. The molecule has 2 aliphatic rings. The number of carbonyl (C=O) groups excluding carboxylic acids is 3. The maximum absolute atomic E-state index is 13.1. The van der Waals surface area contributed by atoms with Crippen molar-refractivity contribution in [1.82, 2.24) is 9.88 Å². The van der Waals surface area contributed by atoms with Crippen LogP contribution in [0.4, 0.5) is 0 Å². The van der Waals surface area contributed by atoms with Crippen LogP contribution in [0, 0.1) is 5.92 Å². The number of benzene rings is 1. The highest BCUT2D eigenvalue weighted by Gasteiger charge is 2.56. The number of hydrogen-bond donors (Lipinski definition) is 2. The molecule has 3 heterocycles. The molecule has 1 saturated heterocycles. The first-order valence-electron chi connectivity index (χ1n) is 9.65. The lowest BCUT2D eigenvalue weighted by molar-refractivity contribution is -0.149. The molecule has 2 amide bonds. The fraction of sp³-hybridized carbons (Fsp3) is 0.350. The lowest BCUT2D eigenvalue weighted by atomic mass is 9.83. The van der Waals surface area contributed by atoms with Crippen molar-refractivity contribution in [3.05, 3.63) is 44.4 Å². The van der Waals surface area contributed by atoms with Crippen molar-refractivity contribution in [3.8, 4) is 5.75 Å². The van der Waals surface area contributed by atoms with Gasteiger partial charge in [0.15, 0.2) is 6.61 Å². The van der Waals surface area contributed by atoms with E-state index in [4.69, 9.17) is 14.6 Å². The summed E-state index contributed by atoms with van der Waals surface area (Å²) in [6.45, 7) is 0.897. The number of aliphatic carboxylic acids is 1. The summed E-state index contributed by atoms with van der Waals surface area (Å²) < 4.78 is 10.3. The number of hydrogen-bond acceptors (Lipinski definition) is 9. The van der Waals surface area contributed by atoms with Gasteiger partial charge in [-0.2, -0.15) is 0 Å². The Bertz CT molecular complexity index is 1160. The van der Waals surface area contributed by atoms with Crippen molar-refractivity contribution in [2.24, 2.45) is 5.92 Å². The summed E-state index contributed by atoms with van der Waals surface area (Å²) >= 11 is 2.02. The van der Waals surface area contributed by atoms with Gasteiger partial charge >= 0.3 is 16.8 Å². The molecule has 0 unspecified atom stereocenters. The van der Waals surface area contributed by atoms with Crippen LogP contribution in [0.3, 0.4) is 0 Å². The molecule has 1 aromatic carbocycles. The number of thiazole rings is 1. The standard InChI is InChI=1S/C20H18N2O8S2/c1-2-29-12(25)8-30-10-5-3-4-9(6-10)13-14-16(31-17-15(13)32-20(28)21-17)19(27)22(18(14)26)7-11(23)24/h3-6,13-14,16H,2,7-8H2,1H3,(H,21,28)(H,23,24)/t13-,14+,16-/m0/s1. The van der Waals surface area contributed by atoms with Crippen LogP contribution in [0.15, 0.2) is 34.1 Å². The summed E-state index contributed by atoms with van der Waals surface area (Å²) in [5.74, 6) is -4.17. The summed E-state index contributed by atoms with van der Waals surface area (Å²) in [7, 11) is 0. The van der Waals surface area contributed by atoms with E-state index < -0.39 is 47.4 Å². The van der Waals surface area contributed by atoms with Gasteiger partial charge in [-0.05, 0) is 24.6 Å². The zero-order chi connectivity index (χ0) is 23.0. The molecule has 0 bridgehead atoms. The number of esters is 1. The number of rotatable bonds is 7. The molecular formula is C20H18N2O8S2. The number of aromatic nitrogens is 1. The smallest absolute Gasteiger partial charge is 0.344 e. The van der Waals surface area contributed by atoms with Gasteiger partial charge in [0.05, 0.1) is 17.6 Å². The number of nitrogens with one attached hydrogen (secondary N) is 1. The normalized spacial score (nSPS) is 21.8. The minimum absolute atomic E-state index is 0.225. The molecule has 12 heteroatoms. The van der Waals surface area contributed by atoms with E-state index in [9.17, 15) is 24.0 Å². The fourth-order valence-corrected chi connectivity index (χ4v) is 6.40. The third-order valence-corrected chi connectivity index (χ3v) is 7.49. The Hall–Kier alpha value is -3.12. The van der Waals surface area contributed by atoms with Crippen molar-refractivity contribution in [1.29, 1.82) is 0 Å². The molecule has 4 rings (SSSR count). The van der Waals surface area contributed by atoms with Crippen LogP contribution >= 0.6 is 23.1 Å². The Morgan fingerprint density at radius 3 is 2.72 bits per heavy atom. The number of H-pyrrole nitrogens is 1. The van der Waals surface area contributed by atoms with Crippen LogP contribution in [0.5, 0.6) is 5.75 Å². The number of imide groups is 1. The van der Waals surface area contributed by atoms with Gasteiger partial charge in [-0.25, -0.2) is 4.79 Å². The first kappa shape index (κ1) is 22.1. The number of fused-ring (bicyclic) bond motifs is 2. The Kier molecular flexibility index (Phi) is 6.07. The Balaban J connectivity index is 1.71. The Morgan fingerprint density at radius 2 is 2.00 bits per heavy atom. The van der Waals surface area contributed by atoms with Gasteiger partial charge in [-0.3, -0.25) is 24.1 Å². The Morgan fingerprint density at radius 1 is 1.22 bits per heavy atom. The van der Waals surface area contributed by atoms with Gasteiger partial charge in [-0.15, -0.1) is 0 Å². The molecule has 0 aliphatic carbocycles. The average Bonchev–Trinajstić information content (AvgIpc) is 3.23. The van der Waals surface area contributed by atoms with Crippen LogP contribution in [0.1, 0.15) is 23.3 Å². The topological polar surface area (TPSA) is 143 Å². The predicted molar refractivity (Wildman–Crippen MR) is 113 cm³/mol. The second-order valence-corrected chi connectivity index (χ2v) is 9.24. The summed E-state index contributed by atoms with van der Waals surface area (Å²) in [6, 6.07) is 6.69. The monoisotopic (exact) mass is 478 g/mol. The van der Waals surface area contributed by atoms with E-state index >= 15 is 0 Å². The molecule has 2 aromatic rings. The van der Waals surface area contributed by atoms with E-state index in [2.05, 4.69) is 4.98 Å². The highest BCUT2D eigenvalue weighted by Crippen LogP contribution is 2.52. The third kappa shape index (κ3) is 4.02. The molecule has 0 spiro atoms. The SMILES string of the molecule is CCOC(=O)COc1cccc([C@@H]2c3sc(=O)[nH]c3S[C@@H]3C(=O)N(CC(=O)O)C(=O)[C@H]23)c1. The summed E-state index contributed by atoms with van der Waals surface area (Å²) in [5.41, 5.74) is 0.608. The van der Waals surface area contributed by atoms with Gasteiger partial charge in [-0.1, -0.05) is 35.2 Å². The summed E-state index contributed by atoms with van der Waals surface area (Å²) in [5, 5.41) is 8.76. The van der Waals surface area contributed by atoms with Crippen molar-refractivity contribution in [3.63, 3.8) is 0 Å². The molecule has 168 valence electrons. The minimum atomic E-state index is -1.29. The lowest BCUT2D eigenvalue weighted by Crippen LogP contribution is -2.36. The molecule has 0 radical (unpaired) electrons. The van der Waals surface area contributed by atoms with Crippen LogP contribution in [-0.4, -0.2) is 63.8 Å². The van der Waals surface area contributed by atoms with Gasteiger partial charge in [0.25, 0.3) is 0 Å². The van der Waals surface area contributed by atoms with Crippen LogP contribution in [0.2, 0.25) is 0 Å². The number of amides is 2. The maximum Gasteiger partial charge on any atom is 0.344 e. The molecule has 1 aromatic heterocycles. The van der Waals surface area contributed by atoms with Crippen LogP contribution < -0.4 is 9.61 Å². The van der Waals surface area contributed by atoms with E-state index in [1.54, 1.807) is 31.2 Å². The van der Waals surface area contributed by atoms with Crippen molar-refractivity contribution < 1.29 is 33.8 Å². The first-order valence-corrected chi connectivity index (χ1v) is 11.3. The van der Waals surface area contributed by atoms with Gasteiger partial charge in [0.2, 0.25) is 11.8 Å². The van der Waals surface area contributed by atoms with Crippen molar-refractivity contribution in [2.45, 2.75) is 23.1 Å². The van der Waals surface area contributed by atoms with Crippen molar-refractivity contribution >= 4 is 46.9 Å². The molecular weight excluding hydrogens is 460 g/mol. The summed E-state index contributed by atoms with van der Waals surface area (Å²) in [4.78, 5) is 64.5. The fourth-order valence-electron chi connectivity index (χ4n) is 3.87. The molecule has 3 atom stereocenters. The third-order valence-electron chi connectivity index (χ3n) is 5.09. The lowest BCUT2D eigenvalue weighted by Gasteiger charge is -2.30. The van der Waals surface area contributed by atoms with E-state index in [1.165, 1.54) is 0 Å². The number of carboxylic acid groups (broad SMARTS) is 1. The van der Waals surface area contributed by atoms with Gasteiger partial charge < -0.3 is 19.6 Å². The number of ether oxygens (including phenoxy) is 2. The van der Waals surface area contributed by atoms with E-state index in [0.717, 1.165) is 28.0 Å². The number of carbonyl (C=O) groups is 4. The zero-order valence-electron chi connectivity index (χ0n) is 16.7. The molecule has 2 aliphatic heterocycles. The second kappa shape index (κ2) is 8.79. The average molecular weight is 479 g/mol.